The topological polar surface area (TPSA) is 31.4 Å². The zero-order valence-corrected chi connectivity index (χ0v) is 13.4. The number of aromatic nitrogens is 1. The summed E-state index contributed by atoms with van der Waals surface area (Å²) in [6.45, 7) is 4.54. The monoisotopic (exact) mass is 323 g/mol. The first-order valence-corrected chi connectivity index (χ1v) is 8.19. The average molecular weight is 324 g/mol. The standard InChI is InChI=1S/C13H19Cl2NO2S/c1-11-12(10-15)16-4-2-13(11)19-9-8-18-7-6-17-5-3-14/h2,4H,3,5-10H2,1H3. The molecule has 0 aliphatic rings. The van der Waals surface area contributed by atoms with Gasteiger partial charge in [0.1, 0.15) is 0 Å². The summed E-state index contributed by atoms with van der Waals surface area (Å²) in [4.78, 5) is 5.46. The molecule has 1 aromatic rings. The molecular formula is C13H19Cl2NO2S. The average Bonchev–Trinajstić information content (AvgIpc) is 2.43. The number of ether oxygens (including phenoxy) is 2. The molecule has 1 heterocycles. The molecule has 19 heavy (non-hydrogen) atoms. The van der Waals surface area contributed by atoms with Crippen molar-refractivity contribution in [1.82, 2.24) is 4.98 Å². The van der Waals surface area contributed by atoms with Crippen molar-refractivity contribution in [2.45, 2.75) is 17.7 Å². The van der Waals surface area contributed by atoms with Gasteiger partial charge in [-0.05, 0) is 18.6 Å². The number of rotatable bonds is 10. The molecule has 1 rings (SSSR count). The number of hydrogen-bond acceptors (Lipinski definition) is 4. The van der Waals surface area contributed by atoms with Crippen molar-refractivity contribution in [1.29, 1.82) is 0 Å². The maximum absolute atomic E-state index is 5.83. The summed E-state index contributed by atoms with van der Waals surface area (Å²) in [5.41, 5.74) is 2.11. The largest absolute Gasteiger partial charge is 0.378 e. The third-order valence-corrected chi connectivity index (χ3v) is 4.00. The predicted molar refractivity (Wildman–Crippen MR) is 81.6 cm³/mol. The fourth-order valence-electron chi connectivity index (χ4n) is 1.44. The molecule has 0 aliphatic heterocycles. The fraction of sp³-hybridized carbons (Fsp3) is 0.615. The van der Waals surface area contributed by atoms with Crippen molar-refractivity contribution in [2.24, 2.45) is 0 Å². The molecule has 0 unspecified atom stereocenters. The van der Waals surface area contributed by atoms with Crippen LogP contribution in [0, 0.1) is 6.92 Å². The highest BCUT2D eigenvalue weighted by Crippen LogP contribution is 2.24. The van der Waals surface area contributed by atoms with Gasteiger partial charge in [0.2, 0.25) is 0 Å². The summed E-state index contributed by atoms with van der Waals surface area (Å²) in [5, 5.41) is 0. The van der Waals surface area contributed by atoms with Gasteiger partial charge in [0.25, 0.3) is 0 Å². The second kappa shape index (κ2) is 10.7. The van der Waals surface area contributed by atoms with E-state index in [0.717, 1.165) is 17.0 Å². The van der Waals surface area contributed by atoms with E-state index in [2.05, 4.69) is 4.98 Å². The molecule has 6 heteroatoms. The third kappa shape index (κ3) is 6.82. The molecule has 0 saturated carbocycles. The molecule has 0 saturated heterocycles. The smallest absolute Gasteiger partial charge is 0.0701 e. The van der Waals surface area contributed by atoms with Crippen LogP contribution >= 0.6 is 35.0 Å². The van der Waals surface area contributed by atoms with E-state index in [1.807, 2.05) is 13.0 Å². The van der Waals surface area contributed by atoms with E-state index in [9.17, 15) is 0 Å². The van der Waals surface area contributed by atoms with Crippen LogP contribution in [0.15, 0.2) is 17.2 Å². The Morgan fingerprint density at radius 1 is 1.16 bits per heavy atom. The van der Waals surface area contributed by atoms with Crippen LogP contribution in [0.5, 0.6) is 0 Å². The van der Waals surface area contributed by atoms with E-state index < -0.39 is 0 Å². The molecule has 1 aromatic heterocycles. The maximum Gasteiger partial charge on any atom is 0.0701 e. The normalized spacial score (nSPS) is 10.9. The van der Waals surface area contributed by atoms with Gasteiger partial charge >= 0.3 is 0 Å². The van der Waals surface area contributed by atoms with E-state index in [4.69, 9.17) is 32.7 Å². The van der Waals surface area contributed by atoms with Crippen molar-refractivity contribution < 1.29 is 9.47 Å². The molecule has 0 bridgehead atoms. The van der Waals surface area contributed by atoms with E-state index in [-0.39, 0.29) is 0 Å². The summed E-state index contributed by atoms with van der Waals surface area (Å²) in [7, 11) is 0. The first kappa shape index (κ1) is 17.1. The number of hydrogen-bond donors (Lipinski definition) is 0. The summed E-state index contributed by atoms with van der Waals surface area (Å²) >= 11 is 13.1. The molecule has 0 fully saturated rings. The minimum absolute atomic E-state index is 0.453. The summed E-state index contributed by atoms with van der Waals surface area (Å²) in [5.74, 6) is 1.89. The molecule has 0 aliphatic carbocycles. The van der Waals surface area contributed by atoms with Gasteiger partial charge in [-0.3, -0.25) is 4.98 Å². The van der Waals surface area contributed by atoms with Gasteiger partial charge in [-0.15, -0.1) is 35.0 Å². The van der Waals surface area contributed by atoms with E-state index in [1.54, 1.807) is 18.0 Å². The maximum atomic E-state index is 5.83. The molecule has 0 spiro atoms. The van der Waals surface area contributed by atoms with Gasteiger partial charge in [-0.1, -0.05) is 0 Å². The number of pyridine rings is 1. The van der Waals surface area contributed by atoms with Crippen LogP contribution in [-0.2, 0) is 15.4 Å². The van der Waals surface area contributed by atoms with Gasteiger partial charge in [0, 0.05) is 22.7 Å². The lowest BCUT2D eigenvalue weighted by Gasteiger charge is -2.08. The zero-order valence-electron chi connectivity index (χ0n) is 11.0. The Morgan fingerprint density at radius 2 is 1.89 bits per heavy atom. The molecule has 0 aromatic carbocycles. The zero-order chi connectivity index (χ0) is 13.9. The molecule has 3 nitrogen and oxygen atoms in total. The van der Waals surface area contributed by atoms with Gasteiger partial charge < -0.3 is 9.47 Å². The number of halogens is 2. The SMILES string of the molecule is Cc1c(SCCOCCOCCCl)ccnc1CCl. The van der Waals surface area contributed by atoms with Crippen molar-refractivity contribution in [3.63, 3.8) is 0 Å². The van der Waals surface area contributed by atoms with Gasteiger partial charge in [-0.2, -0.15) is 0 Å². The minimum atomic E-state index is 0.453. The van der Waals surface area contributed by atoms with Crippen LogP contribution in [0.1, 0.15) is 11.3 Å². The molecule has 0 atom stereocenters. The lowest BCUT2D eigenvalue weighted by atomic mass is 10.2. The lowest BCUT2D eigenvalue weighted by molar-refractivity contribution is 0.0602. The highest BCUT2D eigenvalue weighted by Gasteiger charge is 2.04. The Hall–Kier alpha value is -0.000000000000000111. The fourth-order valence-corrected chi connectivity index (χ4v) is 2.73. The third-order valence-electron chi connectivity index (χ3n) is 2.46. The highest BCUT2D eigenvalue weighted by molar-refractivity contribution is 7.99. The van der Waals surface area contributed by atoms with Crippen molar-refractivity contribution in [2.75, 3.05) is 38.1 Å². The van der Waals surface area contributed by atoms with Gasteiger partial charge in [0.15, 0.2) is 0 Å². The Balaban J connectivity index is 2.16. The Kier molecular flexibility index (Phi) is 9.65. The lowest BCUT2D eigenvalue weighted by Crippen LogP contribution is -2.07. The Bertz CT molecular complexity index is 366. The molecule has 0 radical (unpaired) electrons. The summed E-state index contributed by atoms with van der Waals surface area (Å²) in [6, 6.07) is 2.01. The van der Waals surface area contributed by atoms with Crippen LogP contribution in [0.4, 0.5) is 0 Å². The van der Waals surface area contributed by atoms with Crippen LogP contribution in [0.2, 0.25) is 0 Å². The van der Waals surface area contributed by atoms with E-state index in [0.29, 0.717) is 38.2 Å². The van der Waals surface area contributed by atoms with Crippen LogP contribution in [0.25, 0.3) is 0 Å². The van der Waals surface area contributed by atoms with Gasteiger partial charge in [0.05, 0.1) is 38.0 Å². The van der Waals surface area contributed by atoms with Crippen molar-refractivity contribution >= 4 is 35.0 Å². The molecule has 0 amide bonds. The first-order valence-electron chi connectivity index (χ1n) is 6.14. The summed E-state index contributed by atoms with van der Waals surface area (Å²) in [6.07, 6.45) is 1.80. The molecular weight excluding hydrogens is 305 g/mol. The van der Waals surface area contributed by atoms with Crippen LogP contribution < -0.4 is 0 Å². The molecule has 108 valence electrons. The van der Waals surface area contributed by atoms with Crippen LogP contribution in [-0.4, -0.2) is 43.0 Å². The van der Waals surface area contributed by atoms with E-state index >= 15 is 0 Å². The molecule has 0 N–H and O–H groups in total. The highest BCUT2D eigenvalue weighted by atomic mass is 35.5. The number of alkyl halides is 2. The Labute approximate surface area is 129 Å². The van der Waals surface area contributed by atoms with E-state index in [1.165, 1.54) is 4.90 Å². The first-order chi connectivity index (χ1) is 9.29. The van der Waals surface area contributed by atoms with Gasteiger partial charge in [-0.25, -0.2) is 0 Å². The number of nitrogens with zero attached hydrogens (tertiary/aromatic N) is 1. The second-order valence-electron chi connectivity index (χ2n) is 3.78. The number of thioether (sulfide) groups is 1. The second-order valence-corrected chi connectivity index (χ2v) is 5.56. The van der Waals surface area contributed by atoms with Crippen molar-refractivity contribution in [3.8, 4) is 0 Å². The quantitative estimate of drug-likeness (QED) is 0.374. The minimum Gasteiger partial charge on any atom is -0.378 e. The van der Waals surface area contributed by atoms with Crippen molar-refractivity contribution in [3.05, 3.63) is 23.5 Å². The van der Waals surface area contributed by atoms with Crippen LogP contribution in [0.3, 0.4) is 0 Å². The predicted octanol–water partition coefficient (Wildman–Crippen LogP) is 3.49. The Morgan fingerprint density at radius 3 is 2.58 bits per heavy atom. The summed E-state index contributed by atoms with van der Waals surface area (Å²) < 4.78 is 10.7.